The minimum atomic E-state index is -4.56. The molecular weight excluding hydrogens is 439 g/mol. The SMILES string of the molecule is CCCCCCCCOc1ccc(CCC2(CO)COC(C)(C)OC(=O)N2)cc1C(F)(F)F. The Kier molecular flexibility index (Phi) is 9.84. The highest BCUT2D eigenvalue weighted by Gasteiger charge is 2.40. The van der Waals surface area contributed by atoms with Crippen molar-refractivity contribution in [1.29, 1.82) is 0 Å². The van der Waals surface area contributed by atoms with Crippen molar-refractivity contribution < 1.29 is 37.3 Å². The normalized spacial score (nSPS) is 20.6. The van der Waals surface area contributed by atoms with Crippen molar-refractivity contribution in [2.45, 2.75) is 89.6 Å². The van der Waals surface area contributed by atoms with E-state index < -0.39 is 35.8 Å². The molecule has 0 saturated carbocycles. The number of carbonyl (C=O) groups excluding carboxylic acids is 1. The van der Waals surface area contributed by atoms with Gasteiger partial charge in [0.15, 0.2) is 0 Å². The van der Waals surface area contributed by atoms with Gasteiger partial charge in [0.05, 0.1) is 30.9 Å². The fourth-order valence-electron chi connectivity index (χ4n) is 3.67. The number of nitrogens with one attached hydrogen (secondary N) is 1. The zero-order valence-corrected chi connectivity index (χ0v) is 19.7. The summed E-state index contributed by atoms with van der Waals surface area (Å²) < 4.78 is 57.1. The lowest BCUT2D eigenvalue weighted by atomic mass is 9.92. The lowest BCUT2D eigenvalue weighted by Gasteiger charge is -2.30. The van der Waals surface area contributed by atoms with Crippen LogP contribution in [0.5, 0.6) is 5.75 Å². The molecule has 0 spiro atoms. The van der Waals surface area contributed by atoms with Crippen molar-refractivity contribution in [3.8, 4) is 5.75 Å². The van der Waals surface area contributed by atoms with E-state index in [1.165, 1.54) is 12.5 Å². The Morgan fingerprint density at radius 2 is 1.85 bits per heavy atom. The molecule has 1 atom stereocenters. The first kappa shape index (κ1) is 27.2. The van der Waals surface area contributed by atoms with Crippen molar-refractivity contribution in [3.05, 3.63) is 29.3 Å². The Morgan fingerprint density at radius 1 is 1.15 bits per heavy atom. The molecule has 0 bridgehead atoms. The lowest BCUT2D eigenvalue weighted by molar-refractivity contribution is -0.173. The van der Waals surface area contributed by atoms with E-state index in [4.69, 9.17) is 14.2 Å². The van der Waals surface area contributed by atoms with Gasteiger partial charge in [0, 0.05) is 13.8 Å². The van der Waals surface area contributed by atoms with Crippen LogP contribution >= 0.6 is 0 Å². The predicted molar refractivity (Wildman–Crippen MR) is 118 cm³/mol. The smallest absolute Gasteiger partial charge is 0.419 e. The summed E-state index contributed by atoms with van der Waals surface area (Å²) in [4.78, 5) is 12.0. The molecule has 0 radical (unpaired) electrons. The number of halogens is 3. The fraction of sp³-hybridized carbons (Fsp3) is 0.708. The number of alkyl carbamates (subject to hydrolysis) is 1. The number of carbonyl (C=O) groups is 1. The summed E-state index contributed by atoms with van der Waals surface area (Å²) in [5.74, 6) is -1.35. The molecule has 1 aliphatic heterocycles. The number of hydrogen-bond donors (Lipinski definition) is 2. The first-order valence-corrected chi connectivity index (χ1v) is 11.6. The van der Waals surface area contributed by atoms with Crippen LogP contribution in [0.25, 0.3) is 0 Å². The highest BCUT2D eigenvalue weighted by molar-refractivity contribution is 5.69. The van der Waals surface area contributed by atoms with E-state index >= 15 is 0 Å². The number of amides is 1. The maximum Gasteiger partial charge on any atom is 0.419 e. The summed E-state index contributed by atoms with van der Waals surface area (Å²) in [5.41, 5.74) is -1.56. The summed E-state index contributed by atoms with van der Waals surface area (Å²) >= 11 is 0. The number of aliphatic hydroxyl groups excluding tert-OH is 1. The number of benzene rings is 1. The number of ether oxygens (including phenoxy) is 3. The average molecular weight is 476 g/mol. The molecule has 1 aliphatic rings. The summed E-state index contributed by atoms with van der Waals surface area (Å²) in [5, 5.41) is 12.5. The van der Waals surface area contributed by atoms with Gasteiger partial charge >= 0.3 is 12.3 Å². The van der Waals surface area contributed by atoms with Gasteiger partial charge in [0.25, 0.3) is 0 Å². The predicted octanol–water partition coefficient (Wildman–Crippen LogP) is 5.60. The van der Waals surface area contributed by atoms with Gasteiger partial charge in [0.2, 0.25) is 5.79 Å². The molecule has 2 rings (SSSR count). The third kappa shape index (κ3) is 8.70. The van der Waals surface area contributed by atoms with Gasteiger partial charge in [-0.2, -0.15) is 13.2 Å². The maximum atomic E-state index is 13.7. The largest absolute Gasteiger partial charge is 0.493 e. The van der Waals surface area contributed by atoms with Crippen LogP contribution in [-0.4, -0.2) is 42.3 Å². The Bertz CT molecular complexity index is 769. The van der Waals surface area contributed by atoms with E-state index in [9.17, 15) is 23.1 Å². The number of aliphatic hydroxyl groups is 1. The second-order valence-corrected chi connectivity index (χ2v) is 9.09. The molecule has 6 nitrogen and oxygen atoms in total. The van der Waals surface area contributed by atoms with Gasteiger partial charge < -0.3 is 24.6 Å². The van der Waals surface area contributed by atoms with Crippen LogP contribution < -0.4 is 10.1 Å². The van der Waals surface area contributed by atoms with Crippen molar-refractivity contribution in [3.63, 3.8) is 0 Å². The van der Waals surface area contributed by atoms with E-state index in [0.29, 0.717) is 12.0 Å². The van der Waals surface area contributed by atoms with E-state index in [2.05, 4.69) is 12.2 Å². The highest BCUT2D eigenvalue weighted by Crippen LogP contribution is 2.37. The van der Waals surface area contributed by atoms with Gasteiger partial charge in [-0.1, -0.05) is 45.1 Å². The van der Waals surface area contributed by atoms with Crippen LogP contribution in [0.3, 0.4) is 0 Å². The first-order valence-electron chi connectivity index (χ1n) is 11.6. The number of hydrogen-bond acceptors (Lipinski definition) is 5. The molecule has 33 heavy (non-hydrogen) atoms. The maximum absolute atomic E-state index is 13.7. The highest BCUT2D eigenvalue weighted by atomic mass is 19.4. The number of rotatable bonds is 12. The number of cyclic esters (lactones) is 1. The van der Waals surface area contributed by atoms with Crippen LogP contribution in [0.15, 0.2) is 18.2 Å². The summed E-state index contributed by atoms with van der Waals surface area (Å²) in [6.45, 7) is 5.03. The Balaban J connectivity index is 2.03. The third-order valence-corrected chi connectivity index (χ3v) is 5.70. The Morgan fingerprint density at radius 3 is 2.52 bits per heavy atom. The number of aryl methyl sites for hydroxylation is 1. The van der Waals surface area contributed by atoms with Gasteiger partial charge in [-0.05, 0) is 37.0 Å². The van der Waals surface area contributed by atoms with E-state index in [1.54, 1.807) is 19.9 Å². The Labute approximate surface area is 193 Å². The molecule has 1 saturated heterocycles. The zero-order chi connectivity index (χ0) is 24.5. The minimum Gasteiger partial charge on any atom is -0.493 e. The first-order chi connectivity index (χ1) is 15.5. The van der Waals surface area contributed by atoms with Crippen LogP contribution in [-0.2, 0) is 22.1 Å². The summed E-state index contributed by atoms with van der Waals surface area (Å²) in [7, 11) is 0. The van der Waals surface area contributed by atoms with Crippen molar-refractivity contribution in [2.24, 2.45) is 0 Å². The monoisotopic (exact) mass is 475 g/mol. The lowest BCUT2D eigenvalue weighted by Crippen LogP contribution is -2.53. The van der Waals surface area contributed by atoms with E-state index in [0.717, 1.165) is 31.7 Å². The summed E-state index contributed by atoms with van der Waals surface area (Å²) in [6.07, 6.45) is 1.17. The van der Waals surface area contributed by atoms with Crippen molar-refractivity contribution in [1.82, 2.24) is 5.32 Å². The fourth-order valence-corrected chi connectivity index (χ4v) is 3.67. The molecule has 1 fully saturated rings. The molecule has 1 aromatic rings. The molecule has 188 valence electrons. The molecule has 0 aliphatic carbocycles. The molecule has 9 heteroatoms. The van der Waals surface area contributed by atoms with Crippen LogP contribution in [0, 0.1) is 0 Å². The third-order valence-electron chi connectivity index (χ3n) is 5.70. The quantitative estimate of drug-likeness (QED) is 0.385. The van der Waals surface area contributed by atoms with Crippen LogP contribution in [0.2, 0.25) is 0 Å². The number of alkyl halides is 3. The molecule has 0 aromatic heterocycles. The van der Waals surface area contributed by atoms with Gasteiger partial charge in [-0.3, -0.25) is 0 Å². The van der Waals surface area contributed by atoms with Gasteiger partial charge in [0.1, 0.15) is 5.75 Å². The van der Waals surface area contributed by atoms with E-state index in [-0.39, 0.29) is 31.8 Å². The molecule has 2 N–H and O–H groups in total. The van der Waals surface area contributed by atoms with E-state index in [1.807, 2.05) is 0 Å². The van der Waals surface area contributed by atoms with Gasteiger partial charge in [-0.25, -0.2) is 4.79 Å². The molecule has 1 heterocycles. The van der Waals surface area contributed by atoms with Crippen molar-refractivity contribution >= 4 is 6.09 Å². The topological polar surface area (TPSA) is 77.0 Å². The van der Waals surface area contributed by atoms with Gasteiger partial charge in [-0.15, -0.1) is 0 Å². The standard InChI is InChI=1S/C24H36F3NO5/c1-4-5-6-7-8-9-14-31-20-11-10-18(15-19(20)24(25,26)27)12-13-23(16-29)17-32-22(2,3)33-21(30)28-23/h10-11,15,29H,4-9,12-14,16-17H2,1-3H3,(H,28,30). The molecule has 1 amide bonds. The molecule has 1 aromatic carbocycles. The molecule has 1 unspecified atom stereocenters. The second kappa shape index (κ2) is 11.9. The second-order valence-electron chi connectivity index (χ2n) is 9.09. The average Bonchev–Trinajstić information content (AvgIpc) is 2.86. The minimum absolute atomic E-state index is 0.0339. The Hall–Kier alpha value is -2.00. The van der Waals surface area contributed by atoms with Crippen LogP contribution in [0.1, 0.15) is 76.8 Å². The van der Waals surface area contributed by atoms with Crippen LogP contribution in [0.4, 0.5) is 18.0 Å². The number of unbranched alkanes of at least 4 members (excludes halogenated alkanes) is 5. The zero-order valence-electron chi connectivity index (χ0n) is 19.7. The molecular formula is C24H36F3NO5. The summed E-state index contributed by atoms with van der Waals surface area (Å²) in [6, 6.07) is 3.99. The van der Waals surface area contributed by atoms with Crippen molar-refractivity contribution in [2.75, 3.05) is 19.8 Å².